The van der Waals surface area contributed by atoms with Crippen LogP contribution in [0.3, 0.4) is 0 Å². The molecular formula is C51H33N3OS. The minimum Gasteiger partial charge on any atom is -0.456 e. The average Bonchev–Trinajstić information content (AvgIpc) is 3.93. The van der Waals surface area contributed by atoms with Crippen molar-refractivity contribution in [1.82, 2.24) is 4.57 Å². The Bertz CT molecular complexity index is 3390. The third-order valence-corrected chi connectivity index (χ3v) is 12.8. The maximum atomic E-state index is 6.80. The molecule has 8 aromatic carbocycles. The summed E-state index contributed by atoms with van der Waals surface area (Å²) in [6.45, 7) is 0. The van der Waals surface area contributed by atoms with Gasteiger partial charge in [0, 0.05) is 61.6 Å². The molecule has 1 aliphatic heterocycles. The van der Waals surface area contributed by atoms with E-state index in [4.69, 9.17) is 9.41 Å². The first-order chi connectivity index (χ1) is 27.7. The van der Waals surface area contributed by atoms with Crippen molar-refractivity contribution in [1.29, 1.82) is 0 Å². The van der Waals surface area contributed by atoms with Crippen molar-refractivity contribution in [3.8, 4) is 16.8 Å². The average molecular weight is 736 g/mol. The van der Waals surface area contributed by atoms with Crippen LogP contribution >= 0.6 is 11.3 Å². The number of para-hydroxylation sites is 1. The smallest absolute Gasteiger partial charge is 0.148 e. The van der Waals surface area contributed by atoms with E-state index in [1.54, 1.807) is 0 Å². The molecule has 0 spiro atoms. The molecule has 11 aromatic rings. The molecular weight excluding hydrogens is 703 g/mol. The first-order valence-corrected chi connectivity index (χ1v) is 19.9. The second-order valence-corrected chi connectivity index (χ2v) is 15.7. The predicted octanol–water partition coefficient (Wildman–Crippen LogP) is 13.7. The summed E-state index contributed by atoms with van der Waals surface area (Å²) in [7, 11) is 2.18. The molecule has 0 saturated carbocycles. The Hall–Kier alpha value is -6.95. The van der Waals surface area contributed by atoms with E-state index in [9.17, 15) is 0 Å². The predicted molar refractivity (Wildman–Crippen MR) is 236 cm³/mol. The lowest BCUT2D eigenvalue weighted by atomic mass is 9.93. The van der Waals surface area contributed by atoms with Gasteiger partial charge in [0.15, 0.2) is 0 Å². The van der Waals surface area contributed by atoms with Gasteiger partial charge in [-0.1, -0.05) is 133 Å². The van der Waals surface area contributed by atoms with Crippen LogP contribution in [0.2, 0.25) is 0 Å². The lowest BCUT2D eigenvalue weighted by Gasteiger charge is -2.33. The van der Waals surface area contributed by atoms with Crippen molar-refractivity contribution < 1.29 is 4.42 Å². The highest BCUT2D eigenvalue weighted by Gasteiger charge is 2.33. The number of aromatic nitrogens is 1. The minimum atomic E-state index is -0.248. The van der Waals surface area contributed by atoms with Crippen molar-refractivity contribution in [2.24, 2.45) is 4.99 Å². The van der Waals surface area contributed by atoms with Gasteiger partial charge in [-0.25, -0.2) is 0 Å². The van der Waals surface area contributed by atoms with Crippen molar-refractivity contribution >= 4 is 87.3 Å². The maximum absolute atomic E-state index is 6.80. The lowest BCUT2D eigenvalue weighted by molar-refractivity contribution is 0.666. The van der Waals surface area contributed by atoms with Crippen LogP contribution in [0.15, 0.2) is 185 Å². The minimum absolute atomic E-state index is 0.248. The van der Waals surface area contributed by atoms with Crippen molar-refractivity contribution in [3.63, 3.8) is 0 Å². The molecule has 4 nitrogen and oxygen atoms in total. The standard InChI is InChI=1S/C51H33N3OS/c1-53-49-38-22-11-13-26-44(38)56-50(49)48(32-17-6-3-7-18-32)52-51(53)39-23-14-25-42-46(39)37-28-27-34(30-43(37)55-42)54-40-24-12-10-21-36(40)47-41(54)29-33-19-8-9-20-35(33)45(47)31-15-4-2-5-16-31/h2-30,51H,1H3. The van der Waals surface area contributed by atoms with Gasteiger partial charge in [0.1, 0.15) is 17.3 Å². The van der Waals surface area contributed by atoms with Crippen LogP contribution in [-0.4, -0.2) is 17.3 Å². The number of rotatable bonds is 4. The number of hydrogen-bond donors (Lipinski definition) is 0. The largest absolute Gasteiger partial charge is 0.456 e. The molecule has 0 bridgehead atoms. The van der Waals surface area contributed by atoms with Crippen LogP contribution in [0.4, 0.5) is 5.69 Å². The number of nitrogens with zero attached hydrogens (tertiary/aromatic N) is 3. The Kier molecular flexibility index (Phi) is 6.74. The Morgan fingerprint density at radius 3 is 2.11 bits per heavy atom. The zero-order valence-electron chi connectivity index (χ0n) is 30.5. The van der Waals surface area contributed by atoms with E-state index in [0.717, 1.165) is 50.0 Å². The second kappa shape index (κ2) is 12.0. The Morgan fingerprint density at radius 2 is 1.27 bits per heavy atom. The van der Waals surface area contributed by atoms with Crippen LogP contribution in [-0.2, 0) is 0 Å². The van der Waals surface area contributed by atoms with Crippen LogP contribution in [0, 0.1) is 0 Å². The van der Waals surface area contributed by atoms with Gasteiger partial charge >= 0.3 is 0 Å². The van der Waals surface area contributed by atoms with Crippen LogP contribution in [0.1, 0.15) is 22.2 Å². The van der Waals surface area contributed by atoms with Gasteiger partial charge < -0.3 is 13.9 Å². The van der Waals surface area contributed by atoms with Gasteiger partial charge in [0.25, 0.3) is 0 Å². The third-order valence-electron chi connectivity index (χ3n) is 11.6. The number of aliphatic imine (C=N–C) groups is 1. The summed E-state index contributed by atoms with van der Waals surface area (Å²) in [5.41, 5.74) is 12.1. The SMILES string of the molecule is CN1c2c(sc3ccccc23)C(c2ccccc2)=NC1c1cccc2oc3cc(-n4c5ccccc5c5c(-c6ccccc6)c6ccccc6cc54)ccc3c12. The van der Waals surface area contributed by atoms with Gasteiger partial charge in [0.2, 0.25) is 0 Å². The molecule has 0 fully saturated rings. The molecule has 1 atom stereocenters. The molecule has 264 valence electrons. The van der Waals surface area contributed by atoms with Crippen molar-refractivity contribution in [3.05, 3.63) is 192 Å². The van der Waals surface area contributed by atoms with E-state index in [1.807, 2.05) is 11.3 Å². The molecule has 0 N–H and O–H groups in total. The van der Waals surface area contributed by atoms with Crippen LogP contribution in [0.5, 0.6) is 0 Å². The van der Waals surface area contributed by atoms with E-state index in [-0.39, 0.29) is 6.17 Å². The molecule has 1 aliphatic rings. The lowest BCUT2D eigenvalue weighted by Crippen LogP contribution is -2.29. The molecule has 56 heavy (non-hydrogen) atoms. The summed E-state index contributed by atoms with van der Waals surface area (Å²) in [5, 5.41) is 8.39. The fourth-order valence-corrected chi connectivity index (χ4v) is 10.4. The highest BCUT2D eigenvalue weighted by molar-refractivity contribution is 7.22. The molecule has 0 saturated heterocycles. The normalized spacial score (nSPS) is 14.4. The summed E-state index contributed by atoms with van der Waals surface area (Å²) in [6.07, 6.45) is -0.248. The first-order valence-electron chi connectivity index (χ1n) is 19.0. The van der Waals surface area contributed by atoms with Gasteiger partial charge in [0.05, 0.1) is 27.3 Å². The number of fused-ring (bicyclic) bond motifs is 10. The molecule has 12 rings (SSSR count). The van der Waals surface area contributed by atoms with Crippen molar-refractivity contribution in [2.75, 3.05) is 11.9 Å². The van der Waals surface area contributed by atoms with E-state index < -0.39 is 0 Å². The van der Waals surface area contributed by atoms with Gasteiger partial charge in [-0.05, 0) is 58.3 Å². The first kappa shape index (κ1) is 31.4. The highest BCUT2D eigenvalue weighted by atomic mass is 32.1. The fraction of sp³-hybridized carbons (Fsp3) is 0.0392. The van der Waals surface area contributed by atoms with E-state index in [1.165, 1.54) is 58.8 Å². The summed E-state index contributed by atoms with van der Waals surface area (Å²) >= 11 is 1.82. The van der Waals surface area contributed by atoms with Gasteiger partial charge in [-0.2, -0.15) is 0 Å². The molecule has 3 aromatic heterocycles. The quantitative estimate of drug-likeness (QED) is 0.180. The molecule has 4 heterocycles. The Balaban J connectivity index is 1.08. The molecule has 0 radical (unpaired) electrons. The molecule has 1 unspecified atom stereocenters. The maximum Gasteiger partial charge on any atom is 0.148 e. The van der Waals surface area contributed by atoms with Crippen LogP contribution < -0.4 is 4.90 Å². The summed E-state index contributed by atoms with van der Waals surface area (Å²) in [5.74, 6) is 0. The number of hydrogen-bond acceptors (Lipinski definition) is 4. The second-order valence-electron chi connectivity index (χ2n) is 14.7. The summed E-state index contributed by atoms with van der Waals surface area (Å²) < 4.78 is 10.5. The highest BCUT2D eigenvalue weighted by Crippen LogP contribution is 2.48. The van der Waals surface area contributed by atoms with E-state index >= 15 is 0 Å². The monoisotopic (exact) mass is 735 g/mol. The summed E-state index contributed by atoms with van der Waals surface area (Å²) in [6, 6.07) is 63.1. The number of anilines is 1. The third kappa shape index (κ3) is 4.49. The molecule has 5 heteroatoms. The zero-order valence-corrected chi connectivity index (χ0v) is 31.3. The number of thiophene rings is 1. The van der Waals surface area contributed by atoms with Gasteiger partial charge in [-0.15, -0.1) is 11.3 Å². The van der Waals surface area contributed by atoms with Crippen LogP contribution in [0.25, 0.3) is 81.4 Å². The van der Waals surface area contributed by atoms with E-state index in [2.05, 4.69) is 192 Å². The van der Waals surface area contributed by atoms with Crippen molar-refractivity contribution in [2.45, 2.75) is 6.17 Å². The topological polar surface area (TPSA) is 33.7 Å². The fourth-order valence-electron chi connectivity index (χ4n) is 9.18. The Labute approximate surface area is 326 Å². The summed E-state index contributed by atoms with van der Waals surface area (Å²) in [4.78, 5) is 9.13. The number of furan rings is 1. The van der Waals surface area contributed by atoms with E-state index in [0.29, 0.717) is 0 Å². The number of benzene rings is 8. The molecule has 0 aliphatic carbocycles. The zero-order chi connectivity index (χ0) is 36.9. The van der Waals surface area contributed by atoms with Gasteiger partial charge in [-0.3, -0.25) is 4.99 Å². The Morgan fingerprint density at radius 1 is 0.554 bits per heavy atom. The molecule has 0 amide bonds.